The predicted octanol–water partition coefficient (Wildman–Crippen LogP) is 4.94. The number of nitrogens with zero attached hydrogens (tertiary/aromatic N) is 4. The van der Waals surface area contributed by atoms with E-state index in [2.05, 4.69) is 10.2 Å². The molecule has 1 unspecified atom stereocenters. The molecule has 1 atom stereocenters. The Balaban J connectivity index is 1.89. The van der Waals surface area contributed by atoms with Crippen molar-refractivity contribution in [2.75, 3.05) is 11.4 Å². The number of fused-ring (bicyclic) bond motifs is 1. The molecule has 0 saturated heterocycles. The Morgan fingerprint density at radius 3 is 2.57 bits per heavy atom. The molecular formula is C18H16ClF3N4OS. The molecule has 2 aromatic heterocycles. The van der Waals surface area contributed by atoms with E-state index in [1.807, 2.05) is 37.3 Å². The standard InChI is InChI=1S/C18H16ClF3N4OS/c1-3-25(13-7-5-4-6-8-13)16(27)11(2)28-17-24-23-15-14(19)9-12(10-26(15)17)18(20,21)22/h4-11H,3H2,1-2H3. The van der Waals surface area contributed by atoms with Gasteiger partial charge in [-0.1, -0.05) is 41.6 Å². The van der Waals surface area contributed by atoms with Crippen molar-refractivity contribution in [2.45, 2.75) is 30.4 Å². The Hall–Kier alpha value is -2.26. The number of rotatable bonds is 5. The van der Waals surface area contributed by atoms with Crippen molar-refractivity contribution in [3.63, 3.8) is 0 Å². The third-order valence-corrected chi connectivity index (χ3v) is 5.36. The summed E-state index contributed by atoms with van der Waals surface area (Å²) in [5.41, 5.74) is -0.0618. The predicted molar refractivity (Wildman–Crippen MR) is 103 cm³/mol. The minimum atomic E-state index is -4.56. The molecule has 0 N–H and O–H groups in total. The molecule has 0 aliphatic heterocycles. The third kappa shape index (κ3) is 4.10. The maximum Gasteiger partial charge on any atom is 0.417 e. The fourth-order valence-corrected chi connectivity index (χ4v) is 3.80. The molecule has 3 rings (SSSR count). The van der Waals surface area contributed by atoms with Crippen molar-refractivity contribution in [3.8, 4) is 0 Å². The minimum Gasteiger partial charge on any atom is -0.312 e. The molecule has 0 spiro atoms. The topological polar surface area (TPSA) is 50.5 Å². The van der Waals surface area contributed by atoms with Crippen LogP contribution in [-0.2, 0) is 11.0 Å². The molecule has 3 aromatic rings. The molecule has 0 aliphatic carbocycles. The average Bonchev–Trinajstić information content (AvgIpc) is 3.06. The first kappa shape index (κ1) is 20.5. The number of halogens is 4. The SMILES string of the molecule is CCN(C(=O)C(C)Sc1nnc2c(Cl)cc(C(F)(F)F)cn12)c1ccccc1. The van der Waals surface area contributed by atoms with Gasteiger partial charge in [-0.3, -0.25) is 9.20 Å². The summed E-state index contributed by atoms with van der Waals surface area (Å²) in [5.74, 6) is -0.187. The maximum atomic E-state index is 13.1. The van der Waals surface area contributed by atoms with Gasteiger partial charge < -0.3 is 4.90 Å². The quantitative estimate of drug-likeness (QED) is 0.540. The van der Waals surface area contributed by atoms with Crippen LogP contribution in [0.4, 0.5) is 18.9 Å². The fourth-order valence-electron chi connectivity index (χ4n) is 2.67. The number of hydrogen-bond donors (Lipinski definition) is 0. The van der Waals surface area contributed by atoms with Gasteiger partial charge in [0.05, 0.1) is 15.8 Å². The first-order chi connectivity index (χ1) is 13.2. The van der Waals surface area contributed by atoms with Gasteiger partial charge in [0.15, 0.2) is 10.8 Å². The van der Waals surface area contributed by atoms with E-state index in [4.69, 9.17) is 11.6 Å². The van der Waals surface area contributed by atoms with E-state index in [1.165, 1.54) is 4.40 Å². The number of alkyl halides is 3. The van der Waals surface area contributed by atoms with Gasteiger partial charge in [-0.2, -0.15) is 13.2 Å². The molecule has 0 aliphatic rings. The fraction of sp³-hybridized carbons (Fsp3) is 0.278. The van der Waals surface area contributed by atoms with Crippen molar-refractivity contribution >= 4 is 40.6 Å². The number of thioether (sulfide) groups is 1. The molecule has 148 valence electrons. The third-order valence-electron chi connectivity index (χ3n) is 4.04. The number of carbonyl (C=O) groups excluding carboxylic acids is 1. The summed E-state index contributed by atoms with van der Waals surface area (Å²) in [6.45, 7) is 3.98. The minimum absolute atomic E-state index is 0.104. The van der Waals surface area contributed by atoms with E-state index in [1.54, 1.807) is 11.8 Å². The van der Waals surface area contributed by atoms with Crippen LogP contribution in [0.25, 0.3) is 5.65 Å². The van der Waals surface area contributed by atoms with Gasteiger partial charge in [-0.05, 0) is 32.0 Å². The number of hydrogen-bond acceptors (Lipinski definition) is 4. The molecule has 0 radical (unpaired) electrons. The monoisotopic (exact) mass is 428 g/mol. The van der Waals surface area contributed by atoms with Crippen molar-refractivity contribution in [1.29, 1.82) is 0 Å². The zero-order valence-corrected chi connectivity index (χ0v) is 16.5. The van der Waals surface area contributed by atoms with Gasteiger partial charge >= 0.3 is 6.18 Å². The summed E-state index contributed by atoms with van der Waals surface area (Å²) >= 11 is 6.95. The second kappa shape index (κ2) is 8.00. The molecule has 1 aromatic carbocycles. The lowest BCUT2D eigenvalue weighted by atomic mass is 10.2. The summed E-state index contributed by atoms with van der Waals surface area (Å²) in [5, 5.41) is 7.16. The van der Waals surface area contributed by atoms with Crippen LogP contribution in [0, 0.1) is 0 Å². The zero-order valence-electron chi connectivity index (χ0n) is 14.9. The van der Waals surface area contributed by atoms with Crippen molar-refractivity contribution in [2.24, 2.45) is 0 Å². The highest BCUT2D eigenvalue weighted by atomic mass is 35.5. The maximum absolute atomic E-state index is 13.1. The van der Waals surface area contributed by atoms with Crippen LogP contribution < -0.4 is 4.90 Å². The molecule has 0 bridgehead atoms. The van der Waals surface area contributed by atoms with Crippen molar-refractivity contribution in [3.05, 3.63) is 53.2 Å². The van der Waals surface area contributed by atoms with Gasteiger partial charge in [0.2, 0.25) is 5.91 Å². The highest BCUT2D eigenvalue weighted by Gasteiger charge is 2.32. The smallest absolute Gasteiger partial charge is 0.312 e. The second-order valence-electron chi connectivity index (χ2n) is 5.93. The number of para-hydroxylation sites is 1. The second-order valence-corrected chi connectivity index (χ2v) is 7.64. The molecule has 0 fully saturated rings. The highest BCUT2D eigenvalue weighted by Crippen LogP contribution is 2.34. The Kier molecular flexibility index (Phi) is 5.85. The molecule has 1 amide bonds. The number of amides is 1. The summed E-state index contributed by atoms with van der Waals surface area (Å²) < 4.78 is 40.4. The van der Waals surface area contributed by atoms with Crippen molar-refractivity contribution in [1.82, 2.24) is 14.6 Å². The van der Waals surface area contributed by atoms with Crippen LogP contribution in [0.3, 0.4) is 0 Å². The molecule has 0 saturated carbocycles. The van der Waals surface area contributed by atoms with Gasteiger partial charge in [-0.15, -0.1) is 10.2 Å². The number of benzene rings is 1. The first-order valence-electron chi connectivity index (χ1n) is 8.37. The number of pyridine rings is 1. The number of carbonyl (C=O) groups is 1. The Morgan fingerprint density at radius 1 is 1.29 bits per heavy atom. The largest absolute Gasteiger partial charge is 0.417 e. The van der Waals surface area contributed by atoms with Gasteiger partial charge in [0.1, 0.15) is 0 Å². The van der Waals surface area contributed by atoms with Gasteiger partial charge in [0.25, 0.3) is 0 Å². The van der Waals surface area contributed by atoms with E-state index < -0.39 is 17.0 Å². The molecular weight excluding hydrogens is 413 g/mol. The van der Waals surface area contributed by atoms with Crippen LogP contribution in [0.15, 0.2) is 47.8 Å². The van der Waals surface area contributed by atoms with E-state index >= 15 is 0 Å². The Bertz CT molecular complexity index is 994. The number of aromatic nitrogens is 3. The molecule has 28 heavy (non-hydrogen) atoms. The Labute approximate surface area is 168 Å². The zero-order chi connectivity index (χ0) is 20.5. The Morgan fingerprint density at radius 2 is 1.96 bits per heavy atom. The van der Waals surface area contributed by atoms with E-state index in [0.29, 0.717) is 6.54 Å². The van der Waals surface area contributed by atoms with E-state index in [0.717, 1.165) is 29.7 Å². The summed E-state index contributed by atoms with van der Waals surface area (Å²) in [4.78, 5) is 14.5. The van der Waals surface area contributed by atoms with Crippen LogP contribution >= 0.6 is 23.4 Å². The molecule has 2 heterocycles. The van der Waals surface area contributed by atoms with Crippen LogP contribution in [0.5, 0.6) is 0 Å². The highest BCUT2D eigenvalue weighted by molar-refractivity contribution is 8.00. The van der Waals surface area contributed by atoms with Gasteiger partial charge in [-0.25, -0.2) is 0 Å². The van der Waals surface area contributed by atoms with Crippen LogP contribution in [-0.4, -0.2) is 32.3 Å². The lowest BCUT2D eigenvalue weighted by molar-refractivity contribution is -0.137. The van der Waals surface area contributed by atoms with Gasteiger partial charge in [0, 0.05) is 18.4 Å². The lowest BCUT2D eigenvalue weighted by Crippen LogP contribution is -2.36. The normalized spacial score (nSPS) is 12.9. The first-order valence-corrected chi connectivity index (χ1v) is 9.62. The molecule has 10 heteroatoms. The molecule has 5 nitrogen and oxygen atoms in total. The van der Waals surface area contributed by atoms with E-state index in [9.17, 15) is 18.0 Å². The summed E-state index contributed by atoms with van der Waals surface area (Å²) in [7, 11) is 0. The summed E-state index contributed by atoms with van der Waals surface area (Å²) in [6, 6.07) is 9.96. The van der Waals surface area contributed by atoms with Crippen LogP contribution in [0.1, 0.15) is 19.4 Å². The number of anilines is 1. The lowest BCUT2D eigenvalue weighted by Gasteiger charge is -2.24. The van der Waals surface area contributed by atoms with E-state index in [-0.39, 0.29) is 21.7 Å². The van der Waals surface area contributed by atoms with Crippen molar-refractivity contribution < 1.29 is 18.0 Å². The van der Waals surface area contributed by atoms with Crippen LogP contribution in [0.2, 0.25) is 5.02 Å². The summed E-state index contributed by atoms with van der Waals surface area (Å²) in [6.07, 6.45) is -3.67. The average molecular weight is 429 g/mol.